The van der Waals surface area contributed by atoms with Crippen molar-refractivity contribution in [2.45, 2.75) is 13.0 Å². The number of hydrogen-bond donors (Lipinski definition) is 2. The van der Waals surface area contributed by atoms with Crippen LogP contribution in [0.25, 0.3) is 0 Å². The van der Waals surface area contributed by atoms with Gasteiger partial charge in [0.25, 0.3) is 5.91 Å². The molecule has 0 radical (unpaired) electrons. The number of carbonyl (C=O) groups excluding carboxylic acids is 2. The fourth-order valence-electron chi connectivity index (χ4n) is 0.993. The lowest BCUT2D eigenvalue weighted by atomic mass is 10.3. The first-order valence-electron chi connectivity index (χ1n) is 4.89. The molecule has 1 atom stereocenters. The Morgan fingerprint density at radius 2 is 2.29 bits per heavy atom. The molecule has 0 bridgehead atoms. The second-order valence-corrected chi connectivity index (χ2v) is 3.52. The van der Waals surface area contributed by atoms with Crippen LogP contribution in [-0.2, 0) is 14.3 Å². The number of amides is 1. The first-order valence-corrected chi connectivity index (χ1v) is 5.27. The van der Waals surface area contributed by atoms with Crippen molar-refractivity contribution in [3.63, 3.8) is 0 Å². The molecule has 1 amide bonds. The highest BCUT2D eigenvalue weighted by molar-refractivity contribution is 6.30. The monoisotopic (exact) mass is 257 g/mol. The molecule has 17 heavy (non-hydrogen) atoms. The Labute approximate surface area is 103 Å². The molecule has 1 rings (SSSR count). The quantitative estimate of drug-likeness (QED) is 0.607. The molecule has 0 aliphatic heterocycles. The van der Waals surface area contributed by atoms with Gasteiger partial charge in [0.1, 0.15) is 5.82 Å². The minimum Gasteiger partial charge on any atom is -0.464 e. The van der Waals surface area contributed by atoms with Crippen LogP contribution >= 0.6 is 11.6 Å². The number of anilines is 1. The molecule has 1 aromatic heterocycles. The van der Waals surface area contributed by atoms with E-state index in [1.807, 2.05) is 0 Å². The number of hydrogen-bond acceptors (Lipinski definition) is 5. The summed E-state index contributed by atoms with van der Waals surface area (Å²) in [5, 5.41) is 2.82. The first kappa shape index (κ1) is 13.4. The number of ether oxygens (including phenoxy) is 1. The van der Waals surface area contributed by atoms with Gasteiger partial charge in [0.2, 0.25) is 0 Å². The molecule has 0 fully saturated rings. The Balaban J connectivity index is 2.59. The van der Waals surface area contributed by atoms with Crippen LogP contribution in [0.4, 0.5) is 5.82 Å². The Morgan fingerprint density at radius 1 is 1.59 bits per heavy atom. The molecule has 7 heteroatoms. The Morgan fingerprint density at radius 3 is 2.82 bits per heavy atom. The van der Waals surface area contributed by atoms with E-state index in [4.69, 9.17) is 17.3 Å². The maximum Gasteiger partial charge on any atom is 0.332 e. The number of aromatic nitrogens is 1. The number of nitrogens with zero attached hydrogens (tertiary/aromatic N) is 1. The molecule has 0 aliphatic carbocycles. The van der Waals surface area contributed by atoms with Crippen LogP contribution in [0.3, 0.4) is 0 Å². The minimum absolute atomic E-state index is 0.166. The topological polar surface area (TPSA) is 94.3 Å². The molecule has 1 aromatic rings. The highest BCUT2D eigenvalue weighted by Gasteiger charge is 2.23. The first-order chi connectivity index (χ1) is 8.04. The standard InChI is InChI=1S/C10H12ClN3O3/c1-2-17-10(16)8(12)9(15)14-7-4-3-6(11)5-13-7/h3-5,8H,2,12H2,1H3,(H,13,14,15). The summed E-state index contributed by atoms with van der Waals surface area (Å²) in [4.78, 5) is 26.5. The molecule has 1 unspecified atom stereocenters. The molecule has 0 aromatic carbocycles. The Hall–Kier alpha value is -1.66. The Kier molecular flexibility index (Phi) is 4.86. The van der Waals surface area contributed by atoms with Crippen LogP contribution in [0.2, 0.25) is 5.02 Å². The SMILES string of the molecule is CCOC(=O)C(N)C(=O)Nc1ccc(Cl)cn1. The number of rotatable bonds is 4. The largest absolute Gasteiger partial charge is 0.464 e. The van der Waals surface area contributed by atoms with Gasteiger partial charge in [-0.25, -0.2) is 9.78 Å². The van der Waals surface area contributed by atoms with Crippen molar-refractivity contribution in [1.82, 2.24) is 4.98 Å². The molecule has 3 N–H and O–H groups in total. The van der Waals surface area contributed by atoms with Crippen molar-refractivity contribution in [3.8, 4) is 0 Å². The van der Waals surface area contributed by atoms with Crippen LogP contribution < -0.4 is 11.1 Å². The zero-order chi connectivity index (χ0) is 12.8. The maximum absolute atomic E-state index is 11.5. The third-order valence-corrected chi connectivity index (χ3v) is 2.03. The summed E-state index contributed by atoms with van der Waals surface area (Å²) in [7, 11) is 0. The van der Waals surface area contributed by atoms with E-state index in [1.165, 1.54) is 12.3 Å². The maximum atomic E-state index is 11.5. The molecule has 0 saturated heterocycles. The number of esters is 1. The van der Waals surface area contributed by atoms with Crippen LogP contribution in [0.15, 0.2) is 18.3 Å². The number of halogens is 1. The minimum atomic E-state index is -1.37. The average Bonchev–Trinajstić information content (AvgIpc) is 2.31. The number of nitrogens with two attached hydrogens (primary N) is 1. The summed E-state index contributed by atoms with van der Waals surface area (Å²) in [6.07, 6.45) is 1.37. The Bertz CT molecular complexity index is 408. The number of carbonyl (C=O) groups is 2. The van der Waals surface area contributed by atoms with E-state index in [2.05, 4.69) is 15.0 Å². The lowest BCUT2D eigenvalue weighted by Crippen LogP contribution is -2.43. The van der Waals surface area contributed by atoms with Gasteiger partial charge in [0, 0.05) is 6.20 Å². The predicted molar refractivity (Wildman–Crippen MR) is 62.5 cm³/mol. The summed E-state index contributed by atoms with van der Waals surface area (Å²) in [6, 6.07) is 1.69. The summed E-state index contributed by atoms with van der Waals surface area (Å²) in [5.41, 5.74) is 5.38. The lowest BCUT2D eigenvalue weighted by molar-refractivity contribution is -0.146. The lowest BCUT2D eigenvalue weighted by Gasteiger charge is -2.10. The molecule has 6 nitrogen and oxygen atoms in total. The number of pyridine rings is 1. The van der Waals surface area contributed by atoms with E-state index in [0.717, 1.165) is 0 Å². The van der Waals surface area contributed by atoms with Crippen molar-refractivity contribution >= 4 is 29.3 Å². The second-order valence-electron chi connectivity index (χ2n) is 3.08. The number of nitrogens with one attached hydrogen (secondary N) is 1. The molecule has 0 aliphatic rings. The van der Waals surface area contributed by atoms with Crippen molar-refractivity contribution < 1.29 is 14.3 Å². The van der Waals surface area contributed by atoms with E-state index in [9.17, 15) is 9.59 Å². The highest BCUT2D eigenvalue weighted by Crippen LogP contribution is 2.09. The van der Waals surface area contributed by atoms with E-state index in [0.29, 0.717) is 5.02 Å². The summed E-state index contributed by atoms with van der Waals surface area (Å²) in [5.74, 6) is -1.20. The van der Waals surface area contributed by atoms with Crippen molar-refractivity contribution in [2.24, 2.45) is 5.73 Å². The van der Waals surface area contributed by atoms with E-state index >= 15 is 0 Å². The second kappa shape index (κ2) is 6.17. The molecule has 1 heterocycles. The van der Waals surface area contributed by atoms with Gasteiger partial charge in [-0.2, -0.15) is 0 Å². The zero-order valence-electron chi connectivity index (χ0n) is 9.14. The van der Waals surface area contributed by atoms with Crippen molar-refractivity contribution in [3.05, 3.63) is 23.4 Å². The normalized spacial score (nSPS) is 11.7. The van der Waals surface area contributed by atoms with Gasteiger partial charge in [-0.3, -0.25) is 4.79 Å². The molecular formula is C10H12ClN3O3. The van der Waals surface area contributed by atoms with Crippen LogP contribution in [0, 0.1) is 0 Å². The molecular weight excluding hydrogens is 246 g/mol. The van der Waals surface area contributed by atoms with Gasteiger partial charge < -0.3 is 15.8 Å². The van der Waals surface area contributed by atoms with Crippen molar-refractivity contribution in [1.29, 1.82) is 0 Å². The molecule has 0 spiro atoms. The fraction of sp³-hybridized carbons (Fsp3) is 0.300. The van der Waals surface area contributed by atoms with E-state index < -0.39 is 17.9 Å². The summed E-state index contributed by atoms with van der Waals surface area (Å²) >= 11 is 5.63. The summed E-state index contributed by atoms with van der Waals surface area (Å²) < 4.78 is 4.62. The van der Waals surface area contributed by atoms with Gasteiger partial charge in [0.15, 0.2) is 6.04 Å². The van der Waals surface area contributed by atoms with Crippen LogP contribution in [0.1, 0.15) is 6.92 Å². The van der Waals surface area contributed by atoms with Gasteiger partial charge in [-0.1, -0.05) is 11.6 Å². The van der Waals surface area contributed by atoms with E-state index in [-0.39, 0.29) is 12.4 Å². The highest BCUT2D eigenvalue weighted by atomic mass is 35.5. The average molecular weight is 258 g/mol. The smallest absolute Gasteiger partial charge is 0.332 e. The molecule has 92 valence electrons. The summed E-state index contributed by atoms with van der Waals surface area (Å²) in [6.45, 7) is 1.79. The van der Waals surface area contributed by atoms with Gasteiger partial charge in [-0.05, 0) is 19.1 Å². The third kappa shape index (κ3) is 4.01. The third-order valence-electron chi connectivity index (χ3n) is 1.80. The molecule has 0 saturated carbocycles. The van der Waals surface area contributed by atoms with E-state index in [1.54, 1.807) is 13.0 Å². The van der Waals surface area contributed by atoms with Crippen LogP contribution in [-0.4, -0.2) is 29.5 Å². The predicted octanol–water partition coefficient (Wildman–Crippen LogP) is 0.564. The van der Waals surface area contributed by atoms with Crippen molar-refractivity contribution in [2.75, 3.05) is 11.9 Å². The van der Waals surface area contributed by atoms with Gasteiger partial charge in [0.05, 0.1) is 11.6 Å². The zero-order valence-corrected chi connectivity index (χ0v) is 9.90. The fourth-order valence-corrected chi connectivity index (χ4v) is 1.10. The van der Waals surface area contributed by atoms with Gasteiger partial charge >= 0.3 is 5.97 Å². The van der Waals surface area contributed by atoms with Gasteiger partial charge in [-0.15, -0.1) is 0 Å². The van der Waals surface area contributed by atoms with Crippen LogP contribution in [0.5, 0.6) is 0 Å².